The molecule has 0 radical (unpaired) electrons. The number of hydrogen-bond donors (Lipinski definition) is 2. The summed E-state index contributed by atoms with van der Waals surface area (Å²) in [5.74, 6) is 0.137. The van der Waals surface area contributed by atoms with Gasteiger partial charge in [-0.1, -0.05) is 6.42 Å². The van der Waals surface area contributed by atoms with Crippen LogP contribution in [0.5, 0.6) is 0 Å². The molecule has 1 fully saturated rings. The SMILES string of the molecule is COC(=O)c1ccc(N)c(NC2CCCC(SC)C2)n1. The number of hydrogen-bond acceptors (Lipinski definition) is 6. The minimum absolute atomic E-state index is 0.279. The molecule has 1 aliphatic rings. The van der Waals surface area contributed by atoms with Crippen molar-refractivity contribution in [2.75, 3.05) is 24.4 Å². The van der Waals surface area contributed by atoms with Crippen molar-refractivity contribution in [3.05, 3.63) is 17.8 Å². The lowest BCUT2D eigenvalue weighted by Gasteiger charge is -2.29. The van der Waals surface area contributed by atoms with Crippen molar-refractivity contribution in [2.45, 2.75) is 37.0 Å². The summed E-state index contributed by atoms with van der Waals surface area (Å²) in [6.45, 7) is 0. The van der Waals surface area contributed by atoms with Crippen LogP contribution in [0.1, 0.15) is 36.2 Å². The van der Waals surface area contributed by atoms with Gasteiger partial charge < -0.3 is 15.8 Å². The van der Waals surface area contributed by atoms with Crippen molar-refractivity contribution in [1.29, 1.82) is 0 Å². The Morgan fingerprint density at radius 3 is 3.00 bits per heavy atom. The van der Waals surface area contributed by atoms with Crippen LogP contribution in [0.2, 0.25) is 0 Å². The van der Waals surface area contributed by atoms with Crippen LogP contribution in [0.3, 0.4) is 0 Å². The fraction of sp³-hybridized carbons (Fsp3) is 0.571. The number of ether oxygens (including phenoxy) is 1. The number of aromatic nitrogens is 1. The minimum atomic E-state index is -0.446. The first-order valence-electron chi connectivity index (χ1n) is 6.78. The Labute approximate surface area is 123 Å². The first-order valence-corrected chi connectivity index (χ1v) is 8.07. The number of pyridine rings is 1. The zero-order valence-electron chi connectivity index (χ0n) is 11.9. The van der Waals surface area contributed by atoms with E-state index in [1.165, 1.54) is 20.0 Å². The highest BCUT2D eigenvalue weighted by atomic mass is 32.2. The lowest BCUT2D eigenvalue weighted by atomic mass is 9.95. The zero-order valence-corrected chi connectivity index (χ0v) is 12.7. The number of carbonyl (C=O) groups excluding carboxylic acids is 1. The van der Waals surface area contributed by atoms with E-state index in [0.29, 0.717) is 22.8 Å². The van der Waals surface area contributed by atoms with Gasteiger partial charge in [0.2, 0.25) is 0 Å². The Kier molecular flexibility index (Phi) is 5.11. The molecular weight excluding hydrogens is 274 g/mol. The molecule has 110 valence electrons. The molecule has 0 saturated heterocycles. The number of nitrogens with two attached hydrogens (primary N) is 1. The van der Waals surface area contributed by atoms with Crippen LogP contribution < -0.4 is 11.1 Å². The molecule has 0 spiro atoms. The molecule has 0 aromatic carbocycles. The number of anilines is 2. The third kappa shape index (κ3) is 3.56. The van der Waals surface area contributed by atoms with Crippen molar-refractivity contribution < 1.29 is 9.53 Å². The molecule has 2 atom stereocenters. The van der Waals surface area contributed by atoms with Gasteiger partial charge in [-0.15, -0.1) is 0 Å². The van der Waals surface area contributed by atoms with Gasteiger partial charge in [0.1, 0.15) is 5.82 Å². The highest BCUT2D eigenvalue weighted by molar-refractivity contribution is 7.99. The predicted octanol–water partition coefficient (Wildman–Crippen LogP) is 2.54. The van der Waals surface area contributed by atoms with E-state index in [1.807, 2.05) is 11.8 Å². The number of carbonyl (C=O) groups is 1. The number of nitrogen functional groups attached to an aromatic ring is 1. The topological polar surface area (TPSA) is 77.2 Å². The molecule has 6 heteroatoms. The summed E-state index contributed by atoms with van der Waals surface area (Å²) in [6.07, 6.45) is 6.84. The molecule has 1 aliphatic carbocycles. The summed E-state index contributed by atoms with van der Waals surface area (Å²) >= 11 is 1.91. The smallest absolute Gasteiger partial charge is 0.356 e. The summed E-state index contributed by atoms with van der Waals surface area (Å²) in [7, 11) is 1.34. The highest BCUT2D eigenvalue weighted by Gasteiger charge is 2.22. The summed E-state index contributed by atoms with van der Waals surface area (Å²) < 4.78 is 4.68. The molecule has 2 rings (SSSR count). The lowest BCUT2D eigenvalue weighted by Crippen LogP contribution is -2.29. The highest BCUT2D eigenvalue weighted by Crippen LogP contribution is 2.29. The third-order valence-electron chi connectivity index (χ3n) is 3.62. The van der Waals surface area contributed by atoms with Crippen LogP contribution in [0, 0.1) is 0 Å². The maximum atomic E-state index is 11.5. The predicted molar refractivity (Wildman–Crippen MR) is 83.2 cm³/mol. The van der Waals surface area contributed by atoms with E-state index >= 15 is 0 Å². The summed E-state index contributed by atoms with van der Waals surface area (Å²) in [5.41, 5.74) is 6.77. The second-order valence-electron chi connectivity index (χ2n) is 4.99. The molecule has 1 saturated carbocycles. The van der Waals surface area contributed by atoms with Crippen LogP contribution in [0.15, 0.2) is 12.1 Å². The maximum Gasteiger partial charge on any atom is 0.356 e. The number of thioether (sulfide) groups is 1. The second kappa shape index (κ2) is 6.83. The molecule has 0 amide bonds. The van der Waals surface area contributed by atoms with E-state index < -0.39 is 5.97 Å². The Hall–Kier alpha value is -1.43. The normalized spacial score (nSPS) is 22.3. The van der Waals surface area contributed by atoms with Crippen molar-refractivity contribution in [2.24, 2.45) is 0 Å². The summed E-state index contributed by atoms with van der Waals surface area (Å²) in [4.78, 5) is 15.8. The number of methoxy groups -OCH3 is 1. The molecule has 2 unspecified atom stereocenters. The molecule has 0 aliphatic heterocycles. The van der Waals surface area contributed by atoms with Crippen LogP contribution >= 0.6 is 11.8 Å². The number of rotatable bonds is 4. The van der Waals surface area contributed by atoms with Crippen LogP contribution in [0.4, 0.5) is 11.5 Å². The van der Waals surface area contributed by atoms with Crippen LogP contribution in [-0.4, -0.2) is 35.6 Å². The van der Waals surface area contributed by atoms with Gasteiger partial charge in [0, 0.05) is 11.3 Å². The van der Waals surface area contributed by atoms with E-state index in [1.54, 1.807) is 12.1 Å². The molecule has 1 heterocycles. The number of nitrogens with one attached hydrogen (secondary N) is 1. The summed E-state index contributed by atoms with van der Waals surface area (Å²) in [6, 6.07) is 3.64. The average molecular weight is 295 g/mol. The van der Waals surface area contributed by atoms with Gasteiger partial charge in [0.15, 0.2) is 5.69 Å². The zero-order chi connectivity index (χ0) is 14.5. The second-order valence-corrected chi connectivity index (χ2v) is 6.13. The number of esters is 1. The van der Waals surface area contributed by atoms with Gasteiger partial charge >= 0.3 is 5.97 Å². The fourth-order valence-corrected chi connectivity index (χ4v) is 3.31. The number of nitrogens with zero attached hydrogens (tertiary/aromatic N) is 1. The molecule has 0 bridgehead atoms. The molecule has 20 heavy (non-hydrogen) atoms. The monoisotopic (exact) mass is 295 g/mol. The molecule has 1 aromatic rings. The van der Waals surface area contributed by atoms with Crippen molar-refractivity contribution >= 4 is 29.2 Å². The standard InChI is InChI=1S/C14H21N3O2S/c1-19-14(18)12-7-6-11(15)13(17-12)16-9-4-3-5-10(8-9)20-2/h6-7,9-10H,3-5,8,15H2,1-2H3,(H,16,17). The van der Waals surface area contributed by atoms with E-state index in [9.17, 15) is 4.79 Å². The lowest BCUT2D eigenvalue weighted by molar-refractivity contribution is 0.0594. The van der Waals surface area contributed by atoms with Gasteiger partial charge in [-0.25, -0.2) is 9.78 Å². The van der Waals surface area contributed by atoms with Gasteiger partial charge in [-0.05, 0) is 37.7 Å². The van der Waals surface area contributed by atoms with Crippen LogP contribution in [-0.2, 0) is 4.74 Å². The Bertz CT molecular complexity index is 481. The largest absolute Gasteiger partial charge is 0.464 e. The first-order chi connectivity index (χ1) is 9.63. The van der Waals surface area contributed by atoms with E-state index in [4.69, 9.17) is 5.73 Å². The summed E-state index contributed by atoms with van der Waals surface area (Å²) in [5, 5.41) is 4.06. The van der Waals surface area contributed by atoms with E-state index in [-0.39, 0.29) is 5.69 Å². The van der Waals surface area contributed by atoms with Gasteiger partial charge in [0.05, 0.1) is 12.8 Å². The van der Waals surface area contributed by atoms with Crippen molar-refractivity contribution in [3.8, 4) is 0 Å². The maximum absolute atomic E-state index is 11.5. The quantitative estimate of drug-likeness (QED) is 0.831. The van der Waals surface area contributed by atoms with Gasteiger partial charge in [0.25, 0.3) is 0 Å². The van der Waals surface area contributed by atoms with E-state index in [2.05, 4.69) is 21.3 Å². The van der Waals surface area contributed by atoms with Crippen LogP contribution in [0.25, 0.3) is 0 Å². The Morgan fingerprint density at radius 1 is 1.50 bits per heavy atom. The average Bonchev–Trinajstić information content (AvgIpc) is 2.49. The Balaban J connectivity index is 2.10. The molecule has 3 N–H and O–H groups in total. The van der Waals surface area contributed by atoms with Crippen molar-refractivity contribution in [3.63, 3.8) is 0 Å². The molecule has 1 aromatic heterocycles. The third-order valence-corrected chi connectivity index (χ3v) is 4.72. The van der Waals surface area contributed by atoms with Gasteiger partial charge in [-0.3, -0.25) is 0 Å². The van der Waals surface area contributed by atoms with Gasteiger partial charge in [-0.2, -0.15) is 11.8 Å². The Morgan fingerprint density at radius 2 is 2.30 bits per heavy atom. The van der Waals surface area contributed by atoms with E-state index in [0.717, 1.165) is 12.8 Å². The first kappa shape index (κ1) is 15.0. The molecular formula is C14H21N3O2S. The fourth-order valence-electron chi connectivity index (χ4n) is 2.49. The van der Waals surface area contributed by atoms with Crippen molar-refractivity contribution in [1.82, 2.24) is 4.98 Å². The minimum Gasteiger partial charge on any atom is -0.464 e. The molecule has 5 nitrogen and oxygen atoms in total.